The van der Waals surface area contributed by atoms with E-state index in [2.05, 4.69) is 25.7 Å². The lowest BCUT2D eigenvalue weighted by molar-refractivity contribution is -0.132. The second kappa shape index (κ2) is 6.77. The van der Waals surface area contributed by atoms with Crippen molar-refractivity contribution in [1.29, 1.82) is 0 Å². The minimum atomic E-state index is -0.375. The molecule has 0 atom stereocenters. The molecule has 3 nitrogen and oxygen atoms in total. The summed E-state index contributed by atoms with van der Waals surface area (Å²) in [6.45, 7) is 2.31. The van der Waals surface area contributed by atoms with Crippen LogP contribution in [0.25, 0.3) is 0 Å². The van der Waals surface area contributed by atoms with Crippen LogP contribution in [0, 0.1) is 0 Å². The van der Waals surface area contributed by atoms with E-state index in [0.717, 1.165) is 10.0 Å². The highest BCUT2D eigenvalue weighted by atomic mass is 79.9. The molecule has 5 heteroatoms. The number of ether oxygens (including phenoxy) is 1. The number of aliphatic imine (C=N–C) groups is 1. The van der Waals surface area contributed by atoms with Gasteiger partial charge in [-0.1, -0.05) is 24.6 Å². The van der Waals surface area contributed by atoms with Crippen LogP contribution in [-0.4, -0.2) is 18.8 Å². The molecule has 0 bridgehead atoms. The molecule has 0 spiro atoms. The Kier molecular flexibility index (Phi) is 5.65. The average molecular weight is 319 g/mol. The summed E-state index contributed by atoms with van der Waals surface area (Å²) in [4.78, 5) is 15.5. The van der Waals surface area contributed by atoms with Gasteiger partial charge in [0.25, 0.3) is 0 Å². The molecule has 0 aliphatic carbocycles. The maximum Gasteiger partial charge on any atom is 0.351 e. The first-order valence-corrected chi connectivity index (χ1v) is 6.31. The molecule has 0 radical (unpaired) electrons. The molecule has 0 saturated carbocycles. The van der Waals surface area contributed by atoms with E-state index < -0.39 is 0 Å². The lowest BCUT2D eigenvalue weighted by atomic mass is 10.2. The molecule has 17 heavy (non-hydrogen) atoms. The fraction of sp³-hybridized carbons (Fsp3) is 0.333. The van der Waals surface area contributed by atoms with E-state index in [1.165, 1.54) is 7.11 Å². The van der Waals surface area contributed by atoms with Crippen molar-refractivity contribution >= 4 is 39.2 Å². The lowest BCUT2D eigenvalue weighted by Crippen LogP contribution is -2.14. The van der Waals surface area contributed by atoms with E-state index in [0.29, 0.717) is 23.7 Å². The van der Waals surface area contributed by atoms with Crippen LogP contribution >= 0.6 is 27.5 Å². The molecular weight excluding hydrogens is 305 g/mol. The number of esters is 1. The lowest BCUT2D eigenvalue weighted by Gasteiger charge is -2.03. The topological polar surface area (TPSA) is 38.7 Å². The van der Waals surface area contributed by atoms with Gasteiger partial charge < -0.3 is 4.74 Å². The van der Waals surface area contributed by atoms with Crippen molar-refractivity contribution in [2.75, 3.05) is 7.11 Å². The van der Waals surface area contributed by atoms with Crippen molar-refractivity contribution in [1.82, 2.24) is 0 Å². The first kappa shape index (κ1) is 14.2. The van der Waals surface area contributed by atoms with Crippen LogP contribution in [0.5, 0.6) is 0 Å². The highest BCUT2D eigenvalue weighted by Crippen LogP contribution is 2.23. The predicted molar refractivity (Wildman–Crippen MR) is 72.6 cm³/mol. The summed E-state index contributed by atoms with van der Waals surface area (Å²) in [5.41, 5.74) is 1.43. The smallest absolute Gasteiger partial charge is 0.351 e. The van der Waals surface area contributed by atoms with Gasteiger partial charge in [-0.15, -0.1) is 0 Å². The fourth-order valence-electron chi connectivity index (χ4n) is 1.26. The monoisotopic (exact) mass is 317 g/mol. The van der Waals surface area contributed by atoms with E-state index in [1.54, 1.807) is 6.07 Å². The molecule has 0 N–H and O–H groups in total. The maximum absolute atomic E-state index is 11.3. The average Bonchev–Trinajstić information content (AvgIpc) is 2.33. The van der Waals surface area contributed by atoms with Crippen LogP contribution in [0.15, 0.2) is 27.7 Å². The molecule has 92 valence electrons. The molecular formula is C12H13BrClNO2. The minimum absolute atomic E-state index is 0.375. The van der Waals surface area contributed by atoms with Gasteiger partial charge >= 0.3 is 5.97 Å². The number of rotatable bonds is 4. The SMILES string of the molecule is CCC(=NCc1ccc(Cl)c(Br)c1)C(=O)OC. The number of halogens is 2. The van der Waals surface area contributed by atoms with Crippen molar-refractivity contribution in [3.63, 3.8) is 0 Å². The number of nitrogens with zero attached hydrogens (tertiary/aromatic N) is 1. The number of methoxy groups -OCH3 is 1. The quantitative estimate of drug-likeness (QED) is 0.628. The molecule has 0 fully saturated rings. The molecule has 0 unspecified atom stereocenters. The molecule has 0 aliphatic rings. The second-order valence-corrected chi connectivity index (χ2v) is 4.62. The predicted octanol–water partition coefficient (Wildman–Crippen LogP) is 3.63. The molecule has 0 aromatic heterocycles. The third-order valence-electron chi connectivity index (χ3n) is 2.19. The van der Waals surface area contributed by atoms with Gasteiger partial charge in [-0.05, 0) is 40.0 Å². The third kappa shape index (κ3) is 4.13. The molecule has 0 aliphatic heterocycles. The van der Waals surface area contributed by atoms with Gasteiger partial charge in [0.2, 0.25) is 0 Å². The van der Waals surface area contributed by atoms with Crippen LogP contribution in [0.1, 0.15) is 18.9 Å². The summed E-state index contributed by atoms with van der Waals surface area (Å²) in [6, 6.07) is 5.55. The Morgan fingerprint density at radius 3 is 2.76 bits per heavy atom. The molecule has 1 rings (SSSR count). The second-order valence-electron chi connectivity index (χ2n) is 3.36. The molecule has 1 aromatic carbocycles. The Hall–Kier alpha value is -0.870. The zero-order valence-corrected chi connectivity index (χ0v) is 12.0. The van der Waals surface area contributed by atoms with E-state index in [1.807, 2.05) is 19.1 Å². The van der Waals surface area contributed by atoms with Gasteiger partial charge in [0, 0.05) is 4.47 Å². The number of benzene rings is 1. The largest absolute Gasteiger partial charge is 0.465 e. The highest BCUT2D eigenvalue weighted by molar-refractivity contribution is 9.10. The molecule has 0 heterocycles. The maximum atomic E-state index is 11.3. The van der Waals surface area contributed by atoms with Crippen LogP contribution in [0.4, 0.5) is 0 Å². The van der Waals surface area contributed by atoms with Gasteiger partial charge in [0.05, 0.1) is 18.7 Å². The summed E-state index contributed by atoms with van der Waals surface area (Å²) < 4.78 is 5.46. The molecule has 1 aromatic rings. The normalized spacial score (nSPS) is 11.4. The van der Waals surface area contributed by atoms with Crippen LogP contribution in [0.3, 0.4) is 0 Å². The van der Waals surface area contributed by atoms with E-state index in [9.17, 15) is 4.79 Å². The van der Waals surface area contributed by atoms with Crippen molar-refractivity contribution in [3.05, 3.63) is 33.3 Å². The van der Waals surface area contributed by atoms with E-state index >= 15 is 0 Å². The van der Waals surface area contributed by atoms with Crippen molar-refractivity contribution in [3.8, 4) is 0 Å². The Bertz CT molecular complexity index is 446. The first-order valence-electron chi connectivity index (χ1n) is 5.14. The summed E-state index contributed by atoms with van der Waals surface area (Å²) >= 11 is 9.23. The Morgan fingerprint density at radius 2 is 2.24 bits per heavy atom. The van der Waals surface area contributed by atoms with E-state index in [4.69, 9.17) is 11.6 Å². The Balaban J connectivity index is 2.80. The van der Waals surface area contributed by atoms with Crippen molar-refractivity contribution in [2.45, 2.75) is 19.9 Å². The zero-order valence-electron chi connectivity index (χ0n) is 9.67. The molecule has 0 saturated heterocycles. The number of carbonyl (C=O) groups is 1. The summed E-state index contributed by atoms with van der Waals surface area (Å²) in [7, 11) is 1.35. The van der Waals surface area contributed by atoms with Crippen molar-refractivity contribution in [2.24, 2.45) is 4.99 Å². The minimum Gasteiger partial charge on any atom is -0.465 e. The summed E-state index contributed by atoms with van der Waals surface area (Å²) in [5.74, 6) is -0.375. The highest BCUT2D eigenvalue weighted by Gasteiger charge is 2.08. The van der Waals surface area contributed by atoms with Gasteiger partial charge in [-0.3, -0.25) is 4.99 Å². The number of hydrogen-bond acceptors (Lipinski definition) is 3. The standard InChI is InChI=1S/C12H13BrClNO2/c1-3-11(12(16)17-2)15-7-8-4-5-10(14)9(13)6-8/h4-6H,3,7H2,1-2H3. The summed E-state index contributed by atoms with van der Waals surface area (Å²) in [5, 5.41) is 0.654. The van der Waals surface area contributed by atoms with Gasteiger partial charge in [0.1, 0.15) is 5.71 Å². The Labute approximate surface area is 114 Å². The molecule has 0 amide bonds. The van der Waals surface area contributed by atoms with Crippen LogP contribution in [-0.2, 0) is 16.1 Å². The number of carbonyl (C=O) groups excluding carboxylic acids is 1. The third-order valence-corrected chi connectivity index (χ3v) is 3.41. The van der Waals surface area contributed by atoms with Gasteiger partial charge in [-0.25, -0.2) is 4.79 Å². The van der Waals surface area contributed by atoms with Crippen LogP contribution in [0.2, 0.25) is 5.02 Å². The zero-order chi connectivity index (χ0) is 12.8. The van der Waals surface area contributed by atoms with Crippen LogP contribution < -0.4 is 0 Å². The van der Waals surface area contributed by atoms with E-state index in [-0.39, 0.29) is 5.97 Å². The first-order chi connectivity index (χ1) is 8.08. The van der Waals surface area contributed by atoms with Gasteiger partial charge in [0.15, 0.2) is 0 Å². The number of hydrogen-bond donors (Lipinski definition) is 0. The van der Waals surface area contributed by atoms with Crippen molar-refractivity contribution < 1.29 is 9.53 Å². The summed E-state index contributed by atoms with van der Waals surface area (Å²) in [6.07, 6.45) is 0.557. The Morgan fingerprint density at radius 1 is 1.53 bits per heavy atom. The van der Waals surface area contributed by atoms with Gasteiger partial charge in [-0.2, -0.15) is 0 Å². The fourth-order valence-corrected chi connectivity index (χ4v) is 1.81.